The molecule has 0 radical (unpaired) electrons. The molecule has 1 unspecified atom stereocenters. The summed E-state index contributed by atoms with van der Waals surface area (Å²) in [6, 6.07) is 15.4. The molecule has 1 atom stereocenters. The molecular formula is C18H22O4. The number of aliphatic hydroxyl groups excluding tert-OH is 1. The van der Waals surface area contributed by atoms with Crippen LogP contribution < -0.4 is 9.47 Å². The second-order valence-electron chi connectivity index (χ2n) is 5.10. The van der Waals surface area contributed by atoms with Crippen LogP contribution in [0.2, 0.25) is 0 Å². The zero-order valence-electron chi connectivity index (χ0n) is 13.0. The summed E-state index contributed by atoms with van der Waals surface area (Å²) < 4.78 is 16.2. The normalized spacial score (nSPS) is 12.0. The molecular weight excluding hydrogens is 280 g/mol. The van der Waals surface area contributed by atoms with Gasteiger partial charge >= 0.3 is 0 Å². The fourth-order valence-electron chi connectivity index (χ4n) is 2.07. The van der Waals surface area contributed by atoms with E-state index in [2.05, 4.69) is 0 Å². The van der Waals surface area contributed by atoms with Gasteiger partial charge in [-0.1, -0.05) is 30.3 Å². The molecule has 0 aliphatic heterocycles. The van der Waals surface area contributed by atoms with Crippen molar-refractivity contribution in [3.05, 3.63) is 59.7 Å². The van der Waals surface area contributed by atoms with E-state index in [9.17, 15) is 5.11 Å². The minimum atomic E-state index is -0.661. The minimum Gasteiger partial charge on any atom is -0.496 e. The van der Waals surface area contributed by atoms with Crippen molar-refractivity contribution in [3.63, 3.8) is 0 Å². The highest BCUT2D eigenvalue weighted by Crippen LogP contribution is 2.22. The number of aryl methyl sites for hydroxylation is 1. The highest BCUT2D eigenvalue weighted by molar-refractivity contribution is 5.39. The lowest BCUT2D eigenvalue weighted by Gasteiger charge is -2.14. The average molecular weight is 302 g/mol. The second kappa shape index (κ2) is 8.41. The van der Waals surface area contributed by atoms with E-state index < -0.39 is 6.10 Å². The molecule has 2 rings (SSSR count). The lowest BCUT2D eigenvalue weighted by Crippen LogP contribution is -2.23. The maximum Gasteiger partial charge on any atom is 0.122 e. The maximum atomic E-state index is 9.88. The number of hydrogen-bond acceptors (Lipinski definition) is 4. The van der Waals surface area contributed by atoms with Gasteiger partial charge in [0.2, 0.25) is 0 Å². The first-order valence-corrected chi connectivity index (χ1v) is 7.26. The largest absolute Gasteiger partial charge is 0.496 e. The van der Waals surface area contributed by atoms with Gasteiger partial charge in [-0.25, -0.2) is 0 Å². The number of hydrogen-bond donors (Lipinski definition) is 1. The van der Waals surface area contributed by atoms with E-state index in [4.69, 9.17) is 14.2 Å². The van der Waals surface area contributed by atoms with Gasteiger partial charge in [-0.05, 0) is 36.2 Å². The molecule has 0 aromatic heterocycles. The fraction of sp³-hybridized carbons (Fsp3) is 0.333. The molecule has 118 valence electrons. The molecule has 0 aliphatic rings. The van der Waals surface area contributed by atoms with Gasteiger partial charge < -0.3 is 19.3 Å². The first-order chi connectivity index (χ1) is 10.7. The van der Waals surface area contributed by atoms with Crippen LogP contribution in [0.25, 0.3) is 0 Å². The zero-order valence-corrected chi connectivity index (χ0v) is 13.0. The van der Waals surface area contributed by atoms with Crippen LogP contribution in [0.5, 0.6) is 11.5 Å². The Kier molecular flexibility index (Phi) is 6.25. The third-order valence-corrected chi connectivity index (χ3v) is 3.23. The number of rotatable bonds is 8. The van der Waals surface area contributed by atoms with Crippen LogP contribution in [-0.2, 0) is 11.3 Å². The van der Waals surface area contributed by atoms with Crippen molar-refractivity contribution >= 4 is 0 Å². The molecule has 0 saturated heterocycles. The van der Waals surface area contributed by atoms with Crippen LogP contribution in [0.3, 0.4) is 0 Å². The van der Waals surface area contributed by atoms with Crippen molar-refractivity contribution in [3.8, 4) is 11.5 Å². The summed E-state index contributed by atoms with van der Waals surface area (Å²) in [5.74, 6) is 1.53. The summed E-state index contributed by atoms with van der Waals surface area (Å²) >= 11 is 0. The number of methoxy groups -OCH3 is 1. The Morgan fingerprint density at radius 3 is 2.50 bits per heavy atom. The molecule has 2 aromatic carbocycles. The van der Waals surface area contributed by atoms with E-state index in [1.54, 1.807) is 7.11 Å². The summed E-state index contributed by atoms with van der Waals surface area (Å²) in [5.41, 5.74) is 2.08. The Hall–Kier alpha value is -2.04. The van der Waals surface area contributed by atoms with Crippen molar-refractivity contribution in [2.24, 2.45) is 0 Å². The van der Waals surface area contributed by atoms with E-state index >= 15 is 0 Å². The van der Waals surface area contributed by atoms with Crippen LogP contribution in [0.15, 0.2) is 48.5 Å². The molecule has 0 amide bonds. The summed E-state index contributed by atoms with van der Waals surface area (Å²) in [6.45, 7) is 2.87. The number of ether oxygens (including phenoxy) is 3. The topological polar surface area (TPSA) is 47.9 Å². The maximum absolute atomic E-state index is 9.88. The summed E-state index contributed by atoms with van der Waals surface area (Å²) in [5, 5.41) is 9.88. The quantitative estimate of drug-likeness (QED) is 0.814. The van der Waals surface area contributed by atoms with Crippen molar-refractivity contribution in [1.29, 1.82) is 0 Å². The Balaban J connectivity index is 1.71. The summed E-state index contributed by atoms with van der Waals surface area (Å²) in [6.07, 6.45) is -0.661. The van der Waals surface area contributed by atoms with Crippen molar-refractivity contribution < 1.29 is 19.3 Å². The molecule has 0 bridgehead atoms. The first kappa shape index (κ1) is 16.3. The Morgan fingerprint density at radius 2 is 1.82 bits per heavy atom. The van der Waals surface area contributed by atoms with Gasteiger partial charge in [0.05, 0.1) is 20.3 Å². The van der Waals surface area contributed by atoms with Crippen molar-refractivity contribution in [2.45, 2.75) is 19.6 Å². The molecule has 0 heterocycles. The Labute approximate surface area is 131 Å². The molecule has 0 fully saturated rings. The van der Waals surface area contributed by atoms with Crippen LogP contribution in [0.4, 0.5) is 0 Å². The first-order valence-electron chi connectivity index (χ1n) is 7.26. The van der Waals surface area contributed by atoms with Crippen LogP contribution in [-0.4, -0.2) is 31.5 Å². The predicted octanol–water partition coefficient (Wildman–Crippen LogP) is 2.96. The van der Waals surface area contributed by atoms with Gasteiger partial charge in [0.15, 0.2) is 0 Å². The van der Waals surface area contributed by atoms with E-state index in [0.717, 1.165) is 16.9 Å². The van der Waals surface area contributed by atoms with Crippen molar-refractivity contribution in [1.82, 2.24) is 0 Å². The van der Waals surface area contributed by atoms with E-state index in [-0.39, 0.29) is 13.2 Å². The molecule has 1 N–H and O–H groups in total. The van der Waals surface area contributed by atoms with Crippen molar-refractivity contribution in [2.75, 3.05) is 20.3 Å². The summed E-state index contributed by atoms with van der Waals surface area (Å²) in [4.78, 5) is 0. The SMILES string of the molecule is COc1ccc(OCC(O)COCc2ccccc2)cc1C. The average Bonchev–Trinajstić information content (AvgIpc) is 2.54. The standard InChI is InChI=1S/C18H22O4/c1-14-10-17(8-9-18(14)20-2)22-13-16(19)12-21-11-15-6-4-3-5-7-15/h3-10,16,19H,11-13H2,1-2H3. The van der Waals surface area contributed by atoms with Crippen LogP contribution in [0.1, 0.15) is 11.1 Å². The zero-order chi connectivity index (χ0) is 15.8. The fourth-order valence-corrected chi connectivity index (χ4v) is 2.07. The summed E-state index contributed by atoms with van der Waals surface area (Å²) in [7, 11) is 1.64. The molecule has 0 saturated carbocycles. The lowest BCUT2D eigenvalue weighted by atomic mass is 10.2. The van der Waals surface area contributed by atoms with Gasteiger partial charge in [0.1, 0.15) is 24.2 Å². The number of aliphatic hydroxyl groups is 1. The van der Waals surface area contributed by atoms with E-state index in [1.165, 1.54) is 0 Å². The minimum absolute atomic E-state index is 0.195. The molecule has 0 aliphatic carbocycles. The van der Waals surface area contributed by atoms with E-state index in [1.807, 2.05) is 55.5 Å². The van der Waals surface area contributed by atoms with Gasteiger partial charge in [-0.3, -0.25) is 0 Å². The predicted molar refractivity (Wildman–Crippen MR) is 85.3 cm³/mol. The molecule has 4 nitrogen and oxygen atoms in total. The van der Waals surface area contributed by atoms with Gasteiger partial charge in [-0.15, -0.1) is 0 Å². The highest BCUT2D eigenvalue weighted by atomic mass is 16.5. The third kappa shape index (κ3) is 5.06. The highest BCUT2D eigenvalue weighted by Gasteiger charge is 2.07. The Morgan fingerprint density at radius 1 is 1.05 bits per heavy atom. The monoisotopic (exact) mass is 302 g/mol. The molecule has 4 heteroatoms. The van der Waals surface area contributed by atoms with Gasteiger partial charge in [-0.2, -0.15) is 0 Å². The molecule has 22 heavy (non-hydrogen) atoms. The molecule has 0 spiro atoms. The van der Waals surface area contributed by atoms with E-state index in [0.29, 0.717) is 12.4 Å². The molecule has 2 aromatic rings. The van der Waals surface area contributed by atoms with Gasteiger partial charge in [0.25, 0.3) is 0 Å². The van der Waals surface area contributed by atoms with Crippen LogP contribution in [0, 0.1) is 6.92 Å². The third-order valence-electron chi connectivity index (χ3n) is 3.23. The van der Waals surface area contributed by atoms with Crippen LogP contribution >= 0.6 is 0 Å². The Bertz CT molecular complexity index is 569. The van der Waals surface area contributed by atoms with Gasteiger partial charge in [0, 0.05) is 0 Å². The lowest BCUT2D eigenvalue weighted by molar-refractivity contribution is 0.00547. The number of benzene rings is 2. The second-order valence-corrected chi connectivity index (χ2v) is 5.10. The smallest absolute Gasteiger partial charge is 0.122 e.